The Kier molecular flexibility index (Phi) is 7.79. The number of amides is 1. The van der Waals surface area contributed by atoms with Crippen LogP contribution in [-0.4, -0.2) is 50.8 Å². The van der Waals surface area contributed by atoms with E-state index in [1.54, 1.807) is 17.0 Å². The predicted molar refractivity (Wildman–Crippen MR) is 122 cm³/mol. The number of aromatic nitrogens is 4. The summed E-state index contributed by atoms with van der Waals surface area (Å²) in [4.78, 5) is 23.3. The SMILES string of the molecule is CSc1nc(C)c(CCC(=O)N(C)CCCc2cc(-c3ccc(F)cc3)n[nH]2)c(C)n1. The Balaban J connectivity index is 1.46. The maximum absolute atomic E-state index is 13.1. The van der Waals surface area contributed by atoms with Gasteiger partial charge < -0.3 is 4.90 Å². The van der Waals surface area contributed by atoms with E-state index in [1.807, 2.05) is 33.2 Å². The lowest BCUT2D eigenvalue weighted by Gasteiger charge is -2.17. The molecule has 6 nitrogen and oxygen atoms in total. The maximum atomic E-state index is 13.1. The highest BCUT2D eigenvalue weighted by molar-refractivity contribution is 7.98. The Labute approximate surface area is 186 Å². The number of carbonyl (C=O) groups excluding carboxylic acids is 1. The van der Waals surface area contributed by atoms with Crippen LogP contribution in [0.4, 0.5) is 4.39 Å². The monoisotopic (exact) mass is 441 g/mol. The molecule has 0 spiro atoms. The number of aromatic amines is 1. The number of nitrogens with zero attached hydrogens (tertiary/aromatic N) is 4. The molecule has 1 aromatic carbocycles. The van der Waals surface area contributed by atoms with Crippen LogP contribution >= 0.6 is 11.8 Å². The van der Waals surface area contributed by atoms with Crippen LogP contribution in [-0.2, 0) is 17.6 Å². The van der Waals surface area contributed by atoms with Crippen LogP contribution in [0.3, 0.4) is 0 Å². The molecule has 0 aliphatic carbocycles. The predicted octanol–water partition coefficient (Wildman–Crippen LogP) is 4.37. The molecule has 0 bridgehead atoms. The van der Waals surface area contributed by atoms with Gasteiger partial charge in [0.2, 0.25) is 5.91 Å². The third-order valence-electron chi connectivity index (χ3n) is 5.31. The van der Waals surface area contributed by atoms with Crippen LogP contribution in [0.5, 0.6) is 0 Å². The summed E-state index contributed by atoms with van der Waals surface area (Å²) in [7, 11) is 1.84. The number of hydrogen-bond donors (Lipinski definition) is 1. The zero-order valence-electron chi connectivity index (χ0n) is 18.4. The van der Waals surface area contributed by atoms with E-state index in [9.17, 15) is 9.18 Å². The van der Waals surface area contributed by atoms with Gasteiger partial charge in [0.1, 0.15) is 5.82 Å². The summed E-state index contributed by atoms with van der Waals surface area (Å²) in [6.45, 7) is 4.62. The molecule has 164 valence electrons. The quantitative estimate of drug-likeness (QED) is 0.394. The second-order valence-corrected chi connectivity index (χ2v) is 8.34. The third kappa shape index (κ3) is 6.13. The highest BCUT2D eigenvalue weighted by atomic mass is 32.2. The molecule has 0 aliphatic rings. The fraction of sp³-hybridized carbons (Fsp3) is 0.391. The molecule has 1 amide bonds. The van der Waals surface area contributed by atoms with Crippen molar-refractivity contribution < 1.29 is 9.18 Å². The zero-order chi connectivity index (χ0) is 22.4. The molecule has 0 fully saturated rings. The largest absolute Gasteiger partial charge is 0.346 e. The summed E-state index contributed by atoms with van der Waals surface area (Å²) < 4.78 is 13.1. The van der Waals surface area contributed by atoms with E-state index >= 15 is 0 Å². The molecule has 3 aromatic rings. The Morgan fingerprint density at radius 3 is 2.45 bits per heavy atom. The van der Waals surface area contributed by atoms with E-state index in [2.05, 4.69) is 20.2 Å². The maximum Gasteiger partial charge on any atom is 0.222 e. The van der Waals surface area contributed by atoms with E-state index in [1.165, 1.54) is 23.9 Å². The Morgan fingerprint density at radius 1 is 1.13 bits per heavy atom. The fourth-order valence-corrected chi connectivity index (χ4v) is 3.93. The summed E-state index contributed by atoms with van der Waals surface area (Å²) in [5.41, 5.74) is 5.62. The van der Waals surface area contributed by atoms with Crippen LogP contribution < -0.4 is 0 Å². The van der Waals surface area contributed by atoms with Crippen molar-refractivity contribution in [1.29, 1.82) is 0 Å². The molecule has 0 radical (unpaired) electrons. The lowest BCUT2D eigenvalue weighted by atomic mass is 10.1. The molecule has 3 rings (SSSR count). The van der Waals surface area contributed by atoms with Crippen molar-refractivity contribution in [2.45, 2.75) is 44.7 Å². The number of halogens is 1. The van der Waals surface area contributed by atoms with E-state index in [0.717, 1.165) is 51.9 Å². The average molecular weight is 442 g/mol. The molecule has 0 atom stereocenters. The van der Waals surface area contributed by atoms with Crippen LogP contribution in [0.15, 0.2) is 35.5 Å². The smallest absolute Gasteiger partial charge is 0.222 e. The second-order valence-electron chi connectivity index (χ2n) is 7.56. The van der Waals surface area contributed by atoms with Crippen LogP contribution in [0.2, 0.25) is 0 Å². The molecule has 0 aliphatic heterocycles. The molecule has 1 N–H and O–H groups in total. The number of benzene rings is 1. The third-order valence-corrected chi connectivity index (χ3v) is 5.86. The normalized spacial score (nSPS) is 11.0. The topological polar surface area (TPSA) is 74.8 Å². The number of carbonyl (C=O) groups is 1. The van der Waals surface area contributed by atoms with Crippen molar-refractivity contribution >= 4 is 17.7 Å². The molecule has 31 heavy (non-hydrogen) atoms. The van der Waals surface area contributed by atoms with E-state index < -0.39 is 0 Å². The van der Waals surface area contributed by atoms with Gasteiger partial charge in [0, 0.05) is 42.7 Å². The van der Waals surface area contributed by atoms with Gasteiger partial charge >= 0.3 is 0 Å². The number of hydrogen-bond acceptors (Lipinski definition) is 5. The fourth-order valence-electron chi connectivity index (χ4n) is 3.47. The number of rotatable bonds is 9. The van der Waals surface area contributed by atoms with Crippen LogP contribution in [0, 0.1) is 19.7 Å². The molecule has 0 unspecified atom stereocenters. The Bertz CT molecular complexity index is 1010. The standard InChI is InChI=1S/C23H28FN5OS/c1-15-20(16(2)26-23(25-15)31-4)11-12-22(30)29(3)13-5-6-19-14-21(28-27-19)17-7-9-18(24)10-8-17/h7-10,14H,5-6,11-13H2,1-4H3,(H,27,28). The highest BCUT2D eigenvalue weighted by Gasteiger charge is 2.13. The lowest BCUT2D eigenvalue weighted by molar-refractivity contribution is -0.129. The second kappa shape index (κ2) is 10.5. The summed E-state index contributed by atoms with van der Waals surface area (Å²) in [5.74, 6) is -0.147. The molecule has 8 heteroatoms. The van der Waals surface area contributed by atoms with Gasteiger partial charge in [-0.05, 0) is 75.3 Å². The van der Waals surface area contributed by atoms with Crippen molar-refractivity contribution in [3.05, 3.63) is 58.8 Å². The number of thioether (sulfide) groups is 1. The number of aryl methyl sites for hydroxylation is 3. The van der Waals surface area contributed by atoms with E-state index in [4.69, 9.17) is 0 Å². The molecular formula is C23H28FN5OS. The van der Waals surface area contributed by atoms with Gasteiger partial charge in [0.05, 0.1) is 5.69 Å². The minimum atomic E-state index is -0.262. The Morgan fingerprint density at radius 2 is 1.81 bits per heavy atom. The molecule has 2 heterocycles. The first-order chi connectivity index (χ1) is 14.9. The van der Waals surface area contributed by atoms with Crippen LogP contribution in [0.25, 0.3) is 11.3 Å². The van der Waals surface area contributed by atoms with Gasteiger partial charge in [-0.2, -0.15) is 5.10 Å². The van der Waals surface area contributed by atoms with Gasteiger partial charge in [-0.25, -0.2) is 14.4 Å². The first-order valence-corrected chi connectivity index (χ1v) is 11.5. The molecule has 0 saturated carbocycles. The minimum Gasteiger partial charge on any atom is -0.346 e. The summed E-state index contributed by atoms with van der Waals surface area (Å²) >= 11 is 1.52. The summed E-state index contributed by atoms with van der Waals surface area (Å²) in [6, 6.07) is 8.25. The summed E-state index contributed by atoms with van der Waals surface area (Å²) in [6.07, 6.45) is 4.67. The minimum absolute atomic E-state index is 0.115. The van der Waals surface area contributed by atoms with Gasteiger partial charge in [-0.1, -0.05) is 11.8 Å². The first-order valence-electron chi connectivity index (χ1n) is 10.3. The summed E-state index contributed by atoms with van der Waals surface area (Å²) in [5, 5.41) is 8.09. The van der Waals surface area contributed by atoms with Gasteiger partial charge in [0.25, 0.3) is 0 Å². The van der Waals surface area contributed by atoms with Crippen molar-refractivity contribution in [3.8, 4) is 11.3 Å². The van der Waals surface area contributed by atoms with Gasteiger partial charge in [-0.15, -0.1) is 0 Å². The van der Waals surface area contributed by atoms with Crippen molar-refractivity contribution in [1.82, 2.24) is 25.1 Å². The number of H-pyrrole nitrogens is 1. The molecule has 2 aromatic heterocycles. The molecular weight excluding hydrogens is 413 g/mol. The van der Waals surface area contributed by atoms with Crippen molar-refractivity contribution in [2.75, 3.05) is 19.8 Å². The first kappa shape index (κ1) is 22.9. The highest BCUT2D eigenvalue weighted by Crippen LogP contribution is 2.19. The number of nitrogens with one attached hydrogen (secondary N) is 1. The van der Waals surface area contributed by atoms with E-state index in [-0.39, 0.29) is 11.7 Å². The van der Waals surface area contributed by atoms with Crippen molar-refractivity contribution in [3.63, 3.8) is 0 Å². The zero-order valence-corrected chi connectivity index (χ0v) is 19.2. The molecule has 0 saturated heterocycles. The van der Waals surface area contributed by atoms with Crippen molar-refractivity contribution in [2.24, 2.45) is 0 Å². The average Bonchev–Trinajstić information content (AvgIpc) is 3.22. The van der Waals surface area contributed by atoms with Crippen LogP contribution in [0.1, 0.15) is 35.5 Å². The van der Waals surface area contributed by atoms with E-state index in [0.29, 0.717) is 19.4 Å². The lowest BCUT2D eigenvalue weighted by Crippen LogP contribution is -2.28. The van der Waals surface area contributed by atoms with Gasteiger partial charge in [-0.3, -0.25) is 9.89 Å². The Hall–Kier alpha value is -2.74. The van der Waals surface area contributed by atoms with Gasteiger partial charge in [0.15, 0.2) is 5.16 Å².